The molecule has 0 heterocycles. The van der Waals surface area contributed by atoms with Crippen molar-refractivity contribution < 1.29 is 14.3 Å². The van der Waals surface area contributed by atoms with Gasteiger partial charge in [0.15, 0.2) is 0 Å². The van der Waals surface area contributed by atoms with E-state index in [-0.39, 0.29) is 12.6 Å². The predicted octanol–water partition coefficient (Wildman–Crippen LogP) is 2.59. The fourth-order valence-corrected chi connectivity index (χ4v) is 1.36. The van der Waals surface area contributed by atoms with E-state index in [1.807, 2.05) is 51.1 Å². The number of carbonyl (C=O) groups excluding carboxylic acids is 1. The van der Waals surface area contributed by atoms with E-state index < -0.39 is 5.60 Å². The van der Waals surface area contributed by atoms with Gasteiger partial charge in [-0.1, -0.05) is 30.3 Å². The van der Waals surface area contributed by atoms with Gasteiger partial charge in [0.1, 0.15) is 12.2 Å². The van der Waals surface area contributed by atoms with Gasteiger partial charge in [-0.3, -0.25) is 0 Å². The number of ether oxygens (including phenoxy) is 2. The molecule has 3 heteroatoms. The SMILES string of the molecule is CC(C)(C)OC(=O)COCCc1ccccc1. The molecule has 3 nitrogen and oxygen atoms in total. The predicted molar refractivity (Wildman–Crippen MR) is 66.8 cm³/mol. The molecule has 1 rings (SSSR count). The molecule has 1 aromatic carbocycles. The van der Waals surface area contributed by atoms with Crippen molar-refractivity contribution in [1.29, 1.82) is 0 Å². The van der Waals surface area contributed by atoms with Crippen molar-refractivity contribution in [2.24, 2.45) is 0 Å². The van der Waals surface area contributed by atoms with Gasteiger partial charge in [0, 0.05) is 0 Å². The van der Waals surface area contributed by atoms with Gasteiger partial charge >= 0.3 is 5.97 Å². The third-order valence-electron chi connectivity index (χ3n) is 2.02. The summed E-state index contributed by atoms with van der Waals surface area (Å²) in [5.74, 6) is -0.314. The first-order chi connectivity index (χ1) is 7.97. The summed E-state index contributed by atoms with van der Waals surface area (Å²) in [4.78, 5) is 11.3. The molecular weight excluding hydrogens is 216 g/mol. The highest BCUT2D eigenvalue weighted by Gasteiger charge is 2.15. The lowest BCUT2D eigenvalue weighted by atomic mass is 10.2. The van der Waals surface area contributed by atoms with E-state index in [4.69, 9.17) is 9.47 Å². The molecule has 0 saturated heterocycles. The number of hydrogen-bond donors (Lipinski definition) is 0. The quantitative estimate of drug-likeness (QED) is 0.582. The maximum absolute atomic E-state index is 11.3. The van der Waals surface area contributed by atoms with E-state index in [1.54, 1.807) is 0 Å². The summed E-state index contributed by atoms with van der Waals surface area (Å²) in [5, 5.41) is 0. The molecule has 0 radical (unpaired) electrons. The average Bonchev–Trinajstić information content (AvgIpc) is 2.23. The van der Waals surface area contributed by atoms with Gasteiger partial charge in [0.05, 0.1) is 6.61 Å². The second-order valence-corrected chi connectivity index (χ2v) is 4.87. The molecule has 0 saturated carbocycles. The Kier molecular flexibility index (Phi) is 5.16. The van der Waals surface area contributed by atoms with E-state index in [1.165, 1.54) is 5.56 Å². The van der Waals surface area contributed by atoms with E-state index in [2.05, 4.69) is 0 Å². The van der Waals surface area contributed by atoms with Gasteiger partial charge in [-0.05, 0) is 32.8 Å². The summed E-state index contributed by atoms with van der Waals surface area (Å²) in [6.07, 6.45) is 0.809. The van der Waals surface area contributed by atoms with Crippen LogP contribution in [-0.4, -0.2) is 24.8 Å². The molecule has 0 N–H and O–H groups in total. The second kappa shape index (κ2) is 6.40. The molecule has 0 bridgehead atoms. The molecule has 0 amide bonds. The summed E-state index contributed by atoms with van der Waals surface area (Å²) in [5.41, 5.74) is 0.761. The highest BCUT2D eigenvalue weighted by molar-refractivity contribution is 5.71. The van der Waals surface area contributed by atoms with Crippen molar-refractivity contribution in [3.05, 3.63) is 35.9 Å². The van der Waals surface area contributed by atoms with E-state index in [0.717, 1.165) is 6.42 Å². The van der Waals surface area contributed by atoms with Gasteiger partial charge in [-0.2, -0.15) is 0 Å². The lowest BCUT2D eigenvalue weighted by molar-refractivity contribution is -0.160. The summed E-state index contributed by atoms with van der Waals surface area (Å²) in [7, 11) is 0. The van der Waals surface area contributed by atoms with Crippen LogP contribution in [0.25, 0.3) is 0 Å². The standard InChI is InChI=1S/C14H20O3/c1-14(2,3)17-13(15)11-16-10-9-12-7-5-4-6-8-12/h4-8H,9-11H2,1-3H3. The minimum Gasteiger partial charge on any atom is -0.458 e. The zero-order valence-electron chi connectivity index (χ0n) is 10.7. The monoisotopic (exact) mass is 236 g/mol. The molecule has 0 aliphatic carbocycles. The van der Waals surface area contributed by atoms with Gasteiger partial charge in [0.25, 0.3) is 0 Å². The van der Waals surface area contributed by atoms with Crippen LogP contribution in [0.1, 0.15) is 26.3 Å². The van der Waals surface area contributed by atoms with Gasteiger partial charge in [-0.15, -0.1) is 0 Å². The Balaban J connectivity index is 2.14. The highest BCUT2D eigenvalue weighted by Crippen LogP contribution is 2.07. The lowest BCUT2D eigenvalue weighted by Crippen LogP contribution is -2.26. The first-order valence-corrected chi connectivity index (χ1v) is 5.81. The van der Waals surface area contributed by atoms with Crippen LogP contribution in [0.4, 0.5) is 0 Å². The number of rotatable bonds is 5. The molecule has 1 aromatic rings. The molecule has 0 atom stereocenters. The van der Waals surface area contributed by atoms with Crippen LogP contribution < -0.4 is 0 Å². The maximum atomic E-state index is 11.3. The number of benzene rings is 1. The van der Waals surface area contributed by atoms with Crippen LogP contribution >= 0.6 is 0 Å². The Labute approximate surface area is 103 Å². The van der Waals surface area contributed by atoms with Crippen LogP contribution in [0.2, 0.25) is 0 Å². The topological polar surface area (TPSA) is 35.5 Å². The number of hydrogen-bond acceptors (Lipinski definition) is 3. The molecule has 0 aliphatic rings. The molecule has 94 valence electrons. The zero-order valence-corrected chi connectivity index (χ0v) is 10.7. The normalized spacial score (nSPS) is 11.2. The molecule has 0 fully saturated rings. The van der Waals surface area contributed by atoms with Crippen molar-refractivity contribution in [3.63, 3.8) is 0 Å². The minimum atomic E-state index is -0.445. The minimum absolute atomic E-state index is 0.0180. The van der Waals surface area contributed by atoms with Crippen LogP contribution in [0.3, 0.4) is 0 Å². The van der Waals surface area contributed by atoms with Crippen molar-refractivity contribution in [1.82, 2.24) is 0 Å². The molecule has 0 unspecified atom stereocenters. The first-order valence-electron chi connectivity index (χ1n) is 5.81. The van der Waals surface area contributed by atoms with E-state index >= 15 is 0 Å². The van der Waals surface area contributed by atoms with Crippen molar-refractivity contribution >= 4 is 5.97 Å². The molecular formula is C14H20O3. The zero-order chi connectivity index (χ0) is 12.7. The summed E-state index contributed by atoms with van der Waals surface area (Å²) < 4.78 is 10.4. The summed E-state index contributed by atoms with van der Waals surface area (Å²) in [6, 6.07) is 10.0. The highest BCUT2D eigenvalue weighted by atomic mass is 16.6. The van der Waals surface area contributed by atoms with E-state index in [9.17, 15) is 4.79 Å². The molecule has 0 spiro atoms. The Morgan fingerprint density at radius 3 is 2.41 bits per heavy atom. The van der Waals surface area contributed by atoms with Crippen LogP contribution in [0.15, 0.2) is 30.3 Å². The van der Waals surface area contributed by atoms with Crippen molar-refractivity contribution in [2.45, 2.75) is 32.8 Å². The van der Waals surface area contributed by atoms with Gasteiger partial charge in [-0.25, -0.2) is 4.79 Å². The third-order valence-corrected chi connectivity index (χ3v) is 2.02. The molecule has 17 heavy (non-hydrogen) atoms. The van der Waals surface area contributed by atoms with Crippen LogP contribution in [-0.2, 0) is 20.7 Å². The molecule has 0 aliphatic heterocycles. The Hall–Kier alpha value is -1.35. The lowest BCUT2D eigenvalue weighted by Gasteiger charge is -2.19. The second-order valence-electron chi connectivity index (χ2n) is 4.87. The summed E-state index contributed by atoms with van der Waals surface area (Å²) in [6.45, 7) is 6.08. The van der Waals surface area contributed by atoms with Crippen LogP contribution in [0.5, 0.6) is 0 Å². The van der Waals surface area contributed by atoms with Gasteiger partial charge < -0.3 is 9.47 Å². The average molecular weight is 236 g/mol. The smallest absolute Gasteiger partial charge is 0.332 e. The first kappa shape index (κ1) is 13.7. The maximum Gasteiger partial charge on any atom is 0.332 e. The number of esters is 1. The van der Waals surface area contributed by atoms with Crippen LogP contribution in [0, 0.1) is 0 Å². The van der Waals surface area contributed by atoms with Crippen molar-refractivity contribution in [3.8, 4) is 0 Å². The number of carbonyl (C=O) groups is 1. The van der Waals surface area contributed by atoms with Crippen molar-refractivity contribution in [2.75, 3.05) is 13.2 Å². The van der Waals surface area contributed by atoms with Gasteiger partial charge in [0.2, 0.25) is 0 Å². The Bertz CT molecular complexity index is 338. The van der Waals surface area contributed by atoms with E-state index in [0.29, 0.717) is 6.61 Å². The fourth-order valence-electron chi connectivity index (χ4n) is 1.36. The Morgan fingerprint density at radius 1 is 1.18 bits per heavy atom. The largest absolute Gasteiger partial charge is 0.458 e. The third kappa shape index (κ3) is 6.74. The molecule has 0 aromatic heterocycles. The summed E-state index contributed by atoms with van der Waals surface area (Å²) >= 11 is 0. The Morgan fingerprint density at radius 2 is 1.82 bits per heavy atom. The fraction of sp³-hybridized carbons (Fsp3) is 0.500.